The monoisotopic (exact) mass is 1950 g/mol. The lowest BCUT2D eigenvalue weighted by atomic mass is 9.92. The Morgan fingerprint density at radius 1 is 0.478 bits per heavy atom. The van der Waals surface area contributed by atoms with Gasteiger partial charge in [0.2, 0.25) is 12.6 Å². The first-order chi connectivity index (χ1) is 64.2. The van der Waals surface area contributed by atoms with E-state index in [1.807, 2.05) is 138 Å². The normalized spacial score (nSPS) is 12.1. The van der Waals surface area contributed by atoms with Crippen LogP contribution in [-0.2, 0) is 76.8 Å². The van der Waals surface area contributed by atoms with Crippen molar-refractivity contribution in [2.24, 2.45) is 39.5 Å². The van der Waals surface area contributed by atoms with E-state index in [4.69, 9.17) is 42.3 Å². The van der Waals surface area contributed by atoms with Gasteiger partial charge in [-0.3, -0.25) is 63.9 Å². The summed E-state index contributed by atoms with van der Waals surface area (Å²) >= 11 is 1.59. The van der Waals surface area contributed by atoms with Crippen molar-refractivity contribution < 1.29 is 95.5 Å². The van der Waals surface area contributed by atoms with Gasteiger partial charge in [0.15, 0.2) is 25.5 Å². The molecule has 0 aliphatic carbocycles. The van der Waals surface area contributed by atoms with E-state index < -0.39 is 47.0 Å². The van der Waals surface area contributed by atoms with E-state index >= 15 is 0 Å². The molecule has 11 aromatic carbocycles. The summed E-state index contributed by atoms with van der Waals surface area (Å²) in [5, 5.41) is 41.8. The molecule has 736 valence electrons. The Bertz CT molecular complexity index is 6250. The van der Waals surface area contributed by atoms with Crippen molar-refractivity contribution in [2.75, 3.05) is 26.7 Å². The number of Topliss-reactive ketones (excluding diaryl/α,β-unsaturated/α-hetero) is 1. The van der Waals surface area contributed by atoms with Gasteiger partial charge in [-0.15, -0.1) is 0 Å². The summed E-state index contributed by atoms with van der Waals surface area (Å²) in [5.74, 6) is -2.96. The molecule has 0 bridgehead atoms. The van der Waals surface area contributed by atoms with Crippen molar-refractivity contribution >= 4 is 131 Å². The topological polar surface area (TPSA) is 388 Å². The van der Waals surface area contributed by atoms with Crippen LogP contribution in [0.15, 0.2) is 230 Å². The first-order valence-electron chi connectivity index (χ1n) is 44.3. The zero-order valence-corrected chi connectivity index (χ0v) is 83.5. The molecule has 6 atom stereocenters. The molecular formula is C107H128N4O24P2S. The molecule has 6 unspecified atom stereocenters. The Morgan fingerprint density at radius 2 is 0.949 bits per heavy atom. The molecule has 12 aromatic rings. The van der Waals surface area contributed by atoms with Crippen LogP contribution in [-0.4, -0.2) is 83.0 Å². The number of benzene rings is 11. The molecule has 0 spiro atoms. The molecule has 1 aliphatic heterocycles. The fraction of sp³-hybridized carbons (Fsp3) is 0.364. The van der Waals surface area contributed by atoms with E-state index in [9.17, 15) is 73.6 Å². The number of carbonyl (C=O) groups is 7. The van der Waals surface area contributed by atoms with Crippen molar-refractivity contribution in [2.45, 2.75) is 207 Å². The van der Waals surface area contributed by atoms with Gasteiger partial charge in [-0.1, -0.05) is 284 Å². The SMILES string of the molecule is C.C.CC(C)(C)C(=O)OCc1ccc2ccc3cccc4ccc1c2c34.CC(C)C(=O)OC(C)c1cc2c(cc1[N+](=O)[O-])OCO2.CC(C)C(=O)OCC(C)c1ccccc1[N+](=O)[O-].CCc1cc([N+](=O)[O-])c(C(C)COC(=O)C(C)C)cc1Sc1ccccc1.C[P+]([O-])=NP.Cc1cc(C)cc(C(OC(=O)C(C)C)C(=O)c2ccccc2)c1.Cc1ccc2c(COC(=O)C(C)C)cc(=O)oc2c1. The van der Waals surface area contributed by atoms with Gasteiger partial charge in [-0.2, -0.15) is 0 Å². The van der Waals surface area contributed by atoms with Gasteiger partial charge in [0.1, 0.15) is 31.6 Å². The minimum absolute atomic E-state index is 0. The number of nitrogens with zero attached hydrogens (tertiary/aromatic N) is 4. The Kier molecular flexibility index (Phi) is 45.7. The highest BCUT2D eigenvalue weighted by Gasteiger charge is 2.32. The van der Waals surface area contributed by atoms with Gasteiger partial charge in [0.25, 0.3) is 17.1 Å². The van der Waals surface area contributed by atoms with Gasteiger partial charge in [-0.25, -0.2) is 4.79 Å². The summed E-state index contributed by atoms with van der Waals surface area (Å²) in [5.41, 5.74) is 8.02. The summed E-state index contributed by atoms with van der Waals surface area (Å²) in [6.45, 7) is 38.4. The van der Waals surface area contributed by atoms with E-state index in [-0.39, 0.29) is 146 Å². The largest absolute Gasteiger partial charge is 0.612 e. The molecule has 138 heavy (non-hydrogen) atoms. The maximum absolute atomic E-state index is 12.8. The van der Waals surface area contributed by atoms with Crippen LogP contribution in [0.1, 0.15) is 223 Å². The lowest BCUT2D eigenvalue weighted by Gasteiger charge is -2.19. The van der Waals surface area contributed by atoms with Crippen molar-refractivity contribution in [3.05, 3.63) is 308 Å². The predicted octanol–water partition coefficient (Wildman–Crippen LogP) is 25.6. The number of ketones is 1. The summed E-state index contributed by atoms with van der Waals surface area (Å²) < 4.78 is 50.6. The fourth-order valence-electron chi connectivity index (χ4n) is 13.5. The summed E-state index contributed by atoms with van der Waals surface area (Å²) in [6.07, 6.45) is -0.946. The predicted molar refractivity (Wildman–Crippen MR) is 543 cm³/mol. The van der Waals surface area contributed by atoms with E-state index in [2.05, 4.69) is 59.1 Å². The molecule has 0 radical (unpaired) electrons. The number of para-hydroxylation sites is 1. The van der Waals surface area contributed by atoms with Crippen LogP contribution in [0.5, 0.6) is 11.5 Å². The Morgan fingerprint density at radius 3 is 1.48 bits per heavy atom. The Labute approximate surface area is 814 Å². The highest BCUT2D eigenvalue weighted by atomic mass is 32.2. The maximum Gasteiger partial charge on any atom is 0.336 e. The van der Waals surface area contributed by atoms with Crippen LogP contribution in [0.4, 0.5) is 17.1 Å². The molecular weight excluding hydrogens is 1820 g/mol. The van der Waals surface area contributed by atoms with Crippen LogP contribution in [0.25, 0.3) is 43.3 Å². The number of hydrogen-bond donors (Lipinski definition) is 0. The van der Waals surface area contributed by atoms with Crippen LogP contribution in [0.3, 0.4) is 0 Å². The zero-order valence-electron chi connectivity index (χ0n) is 80.6. The maximum atomic E-state index is 12.8. The van der Waals surface area contributed by atoms with E-state index in [1.54, 1.807) is 156 Å². The van der Waals surface area contributed by atoms with Gasteiger partial charge >= 0.3 is 41.4 Å². The van der Waals surface area contributed by atoms with Crippen molar-refractivity contribution in [3.63, 3.8) is 0 Å². The minimum Gasteiger partial charge on any atom is -0.612 e. The third kappa shape index (κ3) is 33.9. The first kappa shape index (κ1) is 115. The van der Waals surface area contributed by atoms with E-state index in [0.29, 0.717) is 57.9 Å². The van der Waals surface area contributed by atoms with Crippen LogP contribution >= 0.6 is 29.1 Å². The molecule has 1 aromatic heterocycles. The molecule has 0 N–H and O–H groups in total. The quantitative estimate of drug-likeness (QED) is 0.00674. The fourth-order valence-corrected chi connectivity index (χ4v) is 14.5. The van der Waals surface area contributed by atoms with Gasteiger partial charge in [-0.05, 0) is 134 Å². The van der Waals surface area contributed by atoms with Gasteiger partial charge < -0.3 is 47.2 Å². The lowest BCUT2D eigenvalue weighted by molar-refractivity contribution is -0.386. The zero-order chi connectivity index (χ0) is 101. The highest BCUT2D eigenvalue weighted by molar-refractivity contribution is 7.99. The third-order valence-corrected chi connectivity index (χ3v) is 23.3. The van der Waals surface area contributed by atoms with Crippen molar-refractivity contribution in [3.8, 4) is 11.5 Å². The number of ether oxygens (including phenoxy) is 8. The van der Waals surface area contributed by atoms with E-state index in [0.717, 1.165) is 43.0 Å². The lowest BCUT2D eigenvalue weighted by Crippen LogP contribution is -2.23. The van der Waals surface area contributed by atoms with Crippen LogP contribution in [0.2, 0.25) is 0 Å². The standard InChI is InChI=1S/C22H20O2.C21H25NO4S.C20H22O3.C15H16O4.C13H15NO6.C13H17NO4.CH5NOP2.2CH4/c1-22(2,3)21(23)24-13-17-10-9-16-8-7-14-5-4-6-15-11-12-18(17)20(16)19(14)15;1-5-16-11-19(22(24)25)18(15(4)13-26-21(23)14(2)3)12-20(16)27-17-9-7-6-8-10-17;1-13(2)20(22)23-19(17-11-14(3)10-15(4)12-17)18(21)16-8-6-5-7-9-16;1-9(2)15(17)18-8-11-7-14(16)19-13-6-10(3)4-5-12(11)13;1-7(2)13(15)20-8(3)9-4-11-12(19-6-18-11)5-10(9)14(16)17;1-9(2)13(15)18-8-10(3)11-6-4-5-7-12(11)14(16)17;1-5(3)2-4;;/h4-12H,13H2,1-3H3;6-12,14-15H,5,13H2,1-4H3;5-13,19H,1-4H3;4-7,9H,8H2,1-3H3;4-5,7-8H,6H2,1-3H3;4-7,9-10H,8H2,1-3H3;4H2,1H3;2*1H4. The van der Waals surface area contributed by atoms with Crippen molar-refractivity contribution in [1.29, 1.82) is 0 Å². The molecule has 13 rings (SSSR count). The molecule has 0 amide bonds. The number of nitro benzene ring substituents is 3. The third-order valence-electron chi connectivity index (χ3n) is 20.9. The summed E-state index contributed by atoms with van der Waals surface area (Å²) in [4.78, 5) is 139. The second-order valence-electron chi connectivity index (χ2n) is 34.9. The number of esters is 6. The number of carbonyl (C=O) groups excluding carboxylic acids is 7. The smallest absolute Gasteiger partial charge is 0.336 e. The molecule has 31 heteroatoms. The Balaban J connectivity index is 0.000000290. The minimum atomic E-state index is -1.26. The molecule has 1 aliphatic rings. The number of nitro groups is 3. The second-order valence-corrected chi connectivity index (χ2v) is 37.9. The molecule has 0 saturated heterocycles. The van der Waals surface area contributed by atoms with Crippen LogP contribution < -0.4 is 20.0 Å². The van der Waals surface area contributed by atoms with Gasteiger partial charge in [0, 0.05) is 82.4 Å². The highest BCUT2D eigenvalue weighted by Crippen LogP contribution is 2.43. The summed E-state index contributed by atoms with van der Waals surface area (Å²) in [7, 11) is 0.775. The molecule has 0 saturated carbocycles. The van der Waals surface area contributed by atoms with E-state index in [1.165, 1.54) is 56.6 Å². The number of aryl methyl sites for hydroxylation is 4. The van der Waals surface area contributed by atoms with Crippen molar-refractivity contribution in [1.82, 2.24) is 0 Å². The second kappa shape index (κ2) is 54.7. The molecule has 0 fully saturated rings. The Hall–Kier alpha value is -13.2. The average Bonchev–Trinajstić information content (AvgIpc) is 0.801. The first-order valence-corrected chi connectivity index (χ1v) is 47.3. The number of rotatable bonds is 27. The summed E-state index contributed by atoms with van der Waals surface area (Å²) in [6, 6.07) is 63.6. The number of hydrogen-bond acceptors (Lipinski definition) is 26. The van der Waals surface area contributed by atoms with Gasteiger partial charge in [0.05, 0.1) is 74.6 Å². The van der Waals surface area contributed by atoms with Crippen LogP contribution in [0, 0.1) is 86.1 Å². The molecule has 2 heterocycles. The number of fused-ring (bicyclic) bond motifs is 2. The average molecular weight is 1950 g/mol. The molecule has 28 nitrogen and oxygen atoms in total.